The lowest BCUT2D eigenvalue weighted by Gasteiger charge is -1.96. The molecule has 3 nitrogen and oxygen atoms in total. The van der Waals surface area contributed by atoms with E-state index in [1.807, 2.05) is 6.92 Å². The van der Waals surface area contributed by atoms with E-state index in [1.165, 1.54) is 5.54 Å². The summed E-state index contributed by atoms with van der Waals surface area (Å²) in [4.78, 5) is 0. The van der Waals surface area contributed by atoms with Crippen LogP contribution in [0.15, 0.2) is 11.6 Å². The first-order chi connectivity index (χ1) is 4.72. The van der Waals surface area contributed by atoms with Crippen molar-refractivity contribution in [1.29, 1.82) is 0 Å². The fourth-order valence-electron chi connectivity index (χ4n) is 0.0577. The fraction of sp³-hybridized carbons (Fsp3) is 0.667. The Balaban J connectivity index is 0. The number of halogens is 1. The normalized spacial score (nSPS) is 9.80. The summed E-state index contributed by atoms with van der Waals surface area (Å²) in [5.74, 6) is 0. The van der Waals surface area contributed by atoms with E-state index in [0.29, 0.717) is 0 Å². The summed E-state index contributed by atoms with van der Waals surface area (Å²) in [6.07, 6.45) is 0.812. The van der Waals surface area contributed by atoms with E-state index >= 15 is 0 Å². The SMILES string of the molecule is CC=CCl.OCC(O)CO. The molecular weight excluding hydrogens is 156 g/mol. The maximum atomic E-state index is 8.17. The minimum absolute atomic E-state index is 0.365. The van der Waals surface area contributed by atoms with Crippen molar-refractivity contribution in [2.24, 2.45) is 0 Å². The molecule has 0 aliphatic heterocycles. The number of rotatable bonds is 2. The molecule has 0 aromatic rings. The monoisotopic (exact) mass is 168 g/mol. The van der Waals surface area contributed by atoms with Gasteiger partial charge in [0, 0.05) is 0 Å². The predicted octanol–water partition coefficient (Wildman–Crippen LogP) is 0.0907. The van der Waals surface area contributed by atoms with E-state index in [9.17, 15) is 0 Å². The molecule has 0 heterocycles. The van der Waals surface area contributed by atoms with Gasteiger partial charge in [-0.05, 0) is 12.5 Å². The topological polar surface area (TPSA) is 60.7 Å². The van der Waals surface area contributed by atoms with Crippen LogP contribution in [0.5, 0.6) is 0 Å². The number of hydrogen-bond donors (Lipinski definition) is 3. The molecule has 62 valence electrons. The Kier molecular flexibility index (Phi) is 14.7. The average molecular weight is 169 g/mol. The van der Waals surface area contributed by atoms with Crippen LogP contribution in [0.2, 0.25) is 0 Å². The van der Waals surface area contributed by atoms with Gasteiger partial charge < -0.3 is 15.3 Å². The summed E-state index contributed by atoms with van der Waals surface area (Å²) in [5, 5.41) is 24.0. The van der Waals surface area contributed by atoms with Crippen LogP contribution < -0.4 is 0 Å². The quantitative estimate of drug-likeness (QED) is 0.548. The zero-order valence-electron chi connectivity index (χ0n) is 5.87. The molecule has 0 aliphatic carbocycles. The summed E-state index contributed by atoms with van der Waals surface area (Å²) < 4.78 is 0. The van der Waals surface area contributed by atoms with Crippen LogP contribution in [0.3, 0.4) is 0 Å². The third kappa shape index (κ3) is 15.7. The summed E-state index contributed by atoms with van der Waals surface area (Å²) in [6.45, 7) is 1.14. The predicted molar refractivity (Wildman–Crippen MR) is 40.8 cm³/mol. The van der Waals surface area contributed by atoms with Gasteiger partial charge in [-0.3, -0.25) is 0 Å². The standard InChI is InChI=1S/C3H5Cl.C3H8O3/c1-2-3-4;4-1-3(6)2-5/h2-3H,1H3;3-6H,1-2H2. The van der Waals surface area contributed by atoms with Crippen LogP contribution in [0.25, 0.3) is 0 Å². The molecule has 0 aromatic heterocycles. The summed E-state index contributed by atoms with van der Waals surface area (Å²) in [6, 6.07) is 0. The molecule has 0 bridgehead atoms. The van der Waals surface area contributed by atoms with Gasteiger partial charge in [-0.2, -0.15) is 0 Å². The Morgan fingerprint density at radius 2 is 1.70 bits per heavy atom. The third-order valence-corrected chi connectivity index (χ3v) is 0.799. The minimum atomic E-state index is -0.954. The second-order valence-electron chi connectivity index (χ2n) is 1.48. The summed E-state index contributed by atoms with van der Waals surface area (Å²) >= 11 is 5.01. The van der Waals surface area contributed by atoms with E-state index < -0.39 is 6.10 Å². The molecule has 0 rings (SSSR count). The molecule has 3 N–H and O–H groups in total. The van der Waals surface area contributed by atoms with Gasteiger partial charge in [-0.25, -0.2) is 0 Å². The van der Waals surface area contributed by atoms with Crippen LogP contribution in [0, 0.1) is 0 Å². The van der Waals surface area contributed by atoms with Crippen molar-refractivity contribution < 1.29 is 15.3 Å². The van der Waals surface area contributed by atoms with Crippen LogP contribution in [-0.2, 0) is 0 Å². The molecule has 0 spiro atoms. The van der Waals surface area contributed by atoms with Gasteiger partial charge in [0.15, 0.2) is 0 Å². The lowest BCUT2D eigenvalue weighted by atomic mass is 10.4. The lowest BCUT2D eigenvalue weighted by molar-refractivity contribution is 0.0450. The molecular formula is C6H13ClO3. The van der Waals surface area contributed by atoms with E-state index in [2.05, 4.69) is 0 Å². The molecule has 0 saturated carbocycles. The number of allylic oxidation sites excluding steroid dienone is 1. The second-order valence-corrected chi connectivity index (χ2v) is 1.73. The van der Waals surface area contributed by atoms with Crippen molar-refractivity contribution in [2.75, 3.05) is 13.2 Å². The number of hydrogen-bond acceptors (Lipinski definition) is 3. The van der Waals surface area contributed by atoms with Crippen LogP contribution in [0.1, 0.15) is 6.92 Å². The molecule has 0 unspecified atom stereocenters. The van der Waals surface area contributed by atoms with Crippen molar-refractivity contribution >= 4 is 11.6 Å². The Morgan fingerprint density at radius 1 is 1.40 bits per heavy atom. The van der Waals surface area contributed by atoms with E-state index in [1.54, 1.807) is 6.08 Å². The van der Waals surface area contributed by atoms with Gasteiger partial charge in [0.25, 0.3) is 0 Å². The molecule has 0 saturated heterocycles. The van der Waals surface area contributed by atoms with Gasteiger partial charge in [-0.1, -0.05) is 17.7 Å². The van der Waals surface area contributed by atoms with Gasteiger partial charge in [0.05, 0.1) is 13.2 Å². The van der Waals surface area contributed by atoms with Crippen molar-refractivity contribution in [2.45, 2.75) is 13.0 Å². The first kappa shape index (κ1) is 12.6. The smallest absolute Gasteiger partial charge is 0.100 e. The maximum absolute atomic E-state index is 8.17. The van der Waals surface area contributed by atoms with E-state index in [4.69, 9.17) is 26.9 Å². The Bertz CT molecular complexity index is 67.4. The van der Waals surface area contributed by atoms with E-state index in [0.717, 1.165) is 0 Å². The Hall–Kier alpha value is -0.0900. The lowest BCUT2D eigenvalue weighted by Crippen LogP contribution is -2.15. The number of aliphatic hydroxyl groups excluding tert-OH is 3. The minimum Gasteiger partial charge on any atom is -0.394 e. The number of aliphatic hydroxyl groups is 3. The van der Waals surface area contributed by atoms with Crippen LogP contribution >= 0.6 is 11.6 Å². The van der Waals surface area contributed by atoms with Crippen molar-refractivity contribution in [1.82, 2.24) is 0 Å². The van der Waals surface area contributed by atoms with Crippen molar-refractivity contribution in [3.8, 4) is 0 Å². The Labute approximate surface area is 65.6 Å². The highest BCUT2D eigenvalue weighted by Crippen LogP contribution is 1.71. The highest BCUT2D eigenvalue weighted by Gasteiger charge is 1.93. The summed E-state index contributed by atoms with van der Waals surface area (Å²) in [7, 11) is 0. The summed E-state index contributed by atoms with van der Waals surface area (Å²) in [5.41, 5.74) is 1.47. The van der Waals surface area contributed by atoms with E-state index in [-0.39, 0.29) is 13.2 Å². The molecule has 4 heteroatoms. The second kappa shape index (κ2) is 11.7. The van der Waals surface area contributed by atoms with Gasteiger partial charge in [0.1, 0.15) is 6.10 Å². The zero-order chi connectivity index (χ0) is 8.41. The highest BCUT2D eigenvalue weighted by atomic mass is 35.5. The van der Waals surface area contributed by atoms with Crippen LogP contribution in [0.4, 0.5) is 0 Å². The highest BCUT2D eigenvalue weighted by molar-refractivity contribution is 6.25. The zero-order valence-corrected chi connectivity index (χ0v) is 6.62. The fourth-order valence-corrected chi connectivity index (χ4v) is 0.0577. The average Bonchev–Trinajstić information content (AvgIpc) is 2.03. The first-order valence-corrected chi connectivity index (χ1v) is 3.27. The first-order valence-electron chi connectivity index (χ1n) is 2.84. The molecule has 10 heavy (non-hydrogen) atoms. The molecule has 0 fully saturated rings. The molecule has 0 aromatic carbocycles. The Morgan fingerprint density at radius 3 is 1.70 bits per heavy atom. The molecule has 0 aliphatic rings. The maximum Gasteiger partial charge on any atom is 0.100 e. The van der Waals surface area contributed by atoms with Gasteiger partial charge in [0.2, 0.25) is 0 Å². The van der Waals surface area contributed by atoms with Gasteiger partial charge >= 0.3 is 0 Å². The van der Waals surface area contributed by atoms with Crippen LogP contribution in [-0.4, -0.2) is 34.6 Å². The largest absolute Gasteiger partial charge is 0.394 e. The molecule has 0 amide bonds. The van der Waals surface area contributed by atoms with Crippen molar-refractivity contribution in [3.63, 3.8) is 0 Å². The van der Waals surface area contributed by atoms with Gasteiger partial charge in [-0.15, -0.1) is 0 Å². The van der Waals surface area contributed by atoms with Crippen molar-refractivity contribution in [3.05, 3.63) is 11.6 Å². The molecule has 0 radical (unpaired) electrons. The third-order valence-electron chi connectivity index (χ3n) is 0.547. The molecule has 0 atom stereocenters.